The molecule has 0 atom stereocenters. The van der Waals surface area contributed by atoms with Gasteiger partial charge in [-0.3, -0.25) is 9.69 Å². The van der Waals surface area contributed by atoms with Gasteiger partial charge < -0.3 is 10.8 Å². The first-order chi connectivity index (χ1) is 6.74. The summed E-state index contributed by atoms with van der Waals surface area (Å²) in [6, 6.07) is 0.508. The van der Waals surface area contributed by atoms with Crippen LogP contribution in [0, 0.1) is 0 Å². The Hall–Kier alpha value is -0.610. The number of amides is 1. The third kappa shape index (κ3) is 3.64. The maximum Gasteiger partial charge on any atom is 0.231 e. The fraction of sp³-hybridized carbons (Fsp3) is 0.900. The van der Waals surface area contributed by atoms with Crippen molar-refractivity contribution in [3.63, 3.8) is 0 Å². The van der Waals surface area contributed by atoms with Gasteiger partial charge in [0.1, 0.15) is 0 Å². The molecule has 0 spiro atoms. The minimum Gasteiger partial charge on any atom is -0.396 e. The number of rotatable bonds is 6. The predicted molar refractivity (Wildman–Crippen MR) is 54.7 cm³/mol. The summed E-state index contributed by atoms with van der Waals surface area (Å²) in [5.74, 6) is -0.269. The summed E-state index contributed by atoms with van der Waals surface area (Å²) in [4.78, 5) is 13.0. The highest BCUT2D eigenvalue weighted by Gasteiger charge is 2.22. The standard InChI is InChI=1S/C10H20N2O2/c11-10(14)8-12(6-3-7-13)9-4-1-2-5-9/h9,13H,1-8H2,(H2,11,14). The summed E-state index contributed by atoms with van der Waals surface area (Å²) >= 11 is 0. The lowest BCUT2D eigenvalue weighted by molar-refractivity contribution is -0.119. The van der Waals surface area contributed by atoms with E-state index in [1.54, 1.807) is 0 Å². The highest BCUT2D eigenvalue weighted by atomic mass is 16.3. The van der Waals surface area contributed by atoms with Gasteiger partial charge in [0.2, 0.25) is 5.91 Å². The fourth-order valence-electron chi connectivity index (χ4n) is 2.13. The summed E-state index contributed by atoms with van der Waals surface area (Å²) in [7, 11) is 0. The molecule has 0 radical (unpaired) electrons. The predicted octanol–water partition coefficient (Wildman–Crippen LogP) is 0.0987. The molecule has 1 fully saturated rings. The van der Waals surface area contributed by atoms with Crippen LogP contribution in [0.3, 0.4) is 0 Å². The van der Waals surface area contributed by atoms with Crippen LogP contribution in [-0.2, 0) is 4.79 Å². The van der Waals surface area contributed by atoms with Crippen LogP contribution in [0.2, 0.25) is 0 Å². The first kappa shape index (κ1) is 11.5. The molecule has 0 heterocycles. The maximum absolute atomic E-state index is 10.8. The lowest BCUT2D eigenvalue weighted by atomic mass is 10.2. The second-order valence-electron chi connectivity index (χ2n) is 3.95. The maximum atomic E-state index is 10.8. The summed E-state index contributed by atoms with van der Waals surface area (Å²) in [6.45, 7) is 1.30. The molecule has 0 aromatic rings. The van der Waals surface area contributed by atoms with Crippen molar-refractivity contribution in [1.82, 2.24) is 4.90 Å². The van der Waals surface area contributed by atoms with Crippen molar-refractivity contribution in [2.75, 3.05) is 19.7 Å². The molecule has 82 valence electrons. The largest absolute Gasteiger partial charge is 0.396 e. The molecular formula is C10H20N2O2. The van der Waals surface area contributed by atoms with Crippen LogP contribution in [0.15, 0.2) is 0 Å². The number of hydrogen-bond acceptors (Lipinski definition) is 3. The Balaban J connectivity index is 2.37. The Bertz CT molecular complexity index is 179. The van der Waals surface area contributed by atoms with Crippen LogP contribution >= 0.6 is 0 Å². The van der Waals surface area contributed by atoms with Gasteiger partial charge in [0.05, 0.1) is 6.54 Å². The van der Waals surface area contributed by atoms with Gasteiger partial charge in [-0.1, -0.05) is 12.8 Å². The molecule has 0 saturated heterocycles. The first-order valence-electron chi connectivity index (χ1n) is 5.37. The molecule has 1 aliphatic rings. The van der Waals surface area contributed by atoms with Crippen molar-refractivity contribution in [2.24, 2.45) is 5.73 Å². The van der Waals surface area contributed by atoms with Gasteiger partial charge in [-0.25, -0.2) is 0 Å². The van der Waals surface area contributed by atoms with E-state index in [2.05, 4.69) is 4.90 Å². The van der Waals surface area contributed by atoms with Crippen LogP contribution in [0.4, 0.5) is 0 Å². The molecule has 3 N–H and O–H groups in total. The van der Waals surface area contributed by atoms with E-state index >= 15 is 0 Å². The van der Waals surface area contributed by atoms with Gasteiger partial charge >= 0.3 is 0 Å². The molecule has 0 aliphatic heterocycles. The van der Waals surface area contributed by atoms with Gasteiger partial charge in [-0.15, -0.1) is 0 Å². The van der Waals surface area contributed by atoms with E-state index in [0.29, 0.717) is 12.6 Å². The zero-order valence-electron chi connectivity index (χ0n) is 8.61. The number of hydrogen-bond donors (Lipinski definition) is 2. The fourth-order valence-corrected chi connectivity index (χ4v) is 2.13. The molecule has 4 nitrogen and oxygen atoms in total. The molecule has 0 unspecified atom stereocenters. The Morgan fingerprint density at radius 2 is 2.07 bits per heavy atom. The molecule has 14 heavy (non-hydrogen) atoms. The quantitative estimate of drug-likeness (QED) is 0.639. The molecule has 1 saturated carbocycles. The third-order valence-electron chi connectivity index (χ3n) is 2.80. The van der Waals surface area contributed by atoms with E-state index in [0.717, 1.165) is 13.0 Å². The normalized spacial score (nSPS) is 17.9. The average Bonchev–Trinajstić information content (AvgIpc) is 2.64. The summed E-state index contributed by atoms with van der Waals surface area (Å²) in [6.07, 6.45) is 5.55. The molecule has 0 aromatic carbocycles. The average molecular weight is 200 g/mol. The Kier molecular flexibility index (Phi) is 4.90. The summed E-state index contributed by atoms with van der Waals surface area (Å²) < 4.78 is 0. The lowest BCUT2D eigenvalue weighted by Crippen LogP contribution is -2.40. The van der Waals surface area contributed by atoms with Crippen LogP contribution in [-0.4, -0.2) is 41.7 Å². The second kappa shape index (κ2) is 5.98. The zero-order chi connectivity index (χ0) is 10.4. The minimum absolute atomic E-state index is 0.183. The number of aliphatic hydroxyl groups is 1. The van der Waals surface area contributed by atoms with Crippen molar-refractivity contribution in [1.29, 1.82) is 0 Å². The van der Waals surface area contributed by atoms with Crippen molar-refractivity contribution < 1.29 is 9.90 Å². The Morgan fingerprint density at radius 3 is 2.57 bits per heavy atom. The number of primary amides is 1. The van der Waals surface area contributed by atoms with Gasteiger partial charge in [0, 0.05) is 19.2 Å². The first-order valence-corrected chi connectivity index (χ1v) is 5.37. The van der Waals surface area contributed by atoms with E-state index in [9.17, 15) is 4.79 Å². The van der Waals surface area contributed by atoms with Crippen LogP contribution < -0.4 is 5.73 Å². The zero-order valence-corrected chi connectivity index (χ0v) is 8.61. The molecule has 1 amide bonds. The van der Waals surface area contributed by atoms with Gasteiger partial charge in [0.25, 0.3) is 0 Å². The van der Waals surface area contributed by atoms with Crippen molar-refractivity contribution in [3.05, 3.63) is 0 Å². The van der Waals surface area contributed by atoms with Crippen LogP contribution in [0.25, 0.3) is 0 Å². The molecular weight excluding hydrogens is 180 g/mol. The SMILES string of the molecule is NC(=O)CN(CCCO)C1CCCC1. The number of aliphatic hydroxyl groups excluding tert-OH is 1. The van der Waals surface area contributed by atoms with E-state index in [1.807, 2.05) is 0 Å². The van der Waals surface area contributed by atoms with Crippen molar-refractivity contribution in [3.8, 4) is 0 Å². The summed E-state index contributed by atoms with van der Waals surface area (Å²) in [5.41, 5.74) is 5.19. The minimum atomic E-state index is -0.269. The Morgan fingerprint density at radius 1 is 1.43 bits per heavy atom. The summed E-state index contributed by atoms with van der Waals surface area (Å²) in [5, 5.41) is 8.75. The highest BCUT2D eigenvalue weighted by molar-refractivity contribution is 5.75. The van der Waals surface area contributed by atoms with Gasteiger partial charge in [-0.2, -0.15) is 0 Å². The molecule has 1 aliphatic carbocycles. The van der Waals surface area contributed by atoms with E-state index < -0.39 is 0 Å². The lowest BCUT2D eigenvalue weighted by Gasteiger charge is -2.27. The van der Waals surface area contributed by atoms with Crippen LogP contribution in [0.5, 0.6) is 0 Å². The van der Waals surface area contributed by atoms with Crippen LogP contribution in [0.1, 0.15) is 32.1 Å². The smallest absolute Gasteiger partial charge is 0.231 e. The highest BCUT2D eigenvalue weighted by Crippen LogP contribution is 2.23. The van der Waals surface area contributed by atoms with E-state index in [4.69, 9.17) is 10.8 Å². The number of carbonyl (C=O) groups excluding carboxylic acids is 1. The molecule has 4 heteroatoms. The third-order valence-corrected chi connectivity index (χ3v) is 2.80. The monoisotopic (exact) mass is 200 g/mol. The molecule has 1 rings (SSSR count). The number of nitrogens with two attached hydrogens (primary N) is 1. The topological polar surface area (TPSA) is 66.6 Å². The van der Waals surface area contributed by atoms with E-state index in [1.165, 1.54) is 25.7 Å². The van der Waals surface area contributed by atoms with Gasteiger partial charge in [-0.05, 0) is 19.3 Å². The Labute approximate surface area is 85.1 Å². The van der Waals surface area contributed by atoms with Gasteiger partial charge in [0.15, 0.2) is 0 Å². The molecule has 0 aromatic heterocycles. The second-order valence-corrected chi connectivity index (χ2v) is 3.95. The molecule has 0 bridgehead atoms. The van der Waals surface area contributed by atoms with E-state index in [-0.39, 0.29) is 12.5 Å². The number of nitrogens with zero attached hydrogens (tertiary/aromatic N) is 1. The number of carbonyl (C=O) groups is 1. The van der Waals surface area contributed by atoms with Crippen molar-refractivity contribution >= 4 is 5.91 Å². The van der Waals surface area contributed by atoms with Crippen molar-refractivity contribution in [2.45, 2.75) is 38.1 Å².